The number of hydrogen-bond acceptors (Lipinski definition) is 6. The molecule has 0 aromatic rings. The van der Waals surface area contributed by atoms with Crippen molar-refractivity contribution in [3.8, 4) is 0 Å². The van der Waals surface area contributed by atoms with E-state index in [0.29, 0.717) is 19.3 Å². The van der Waals surface area contributed by atoms with Crippen molar-refractivity contribution in [2.45, 2.75) is 380 Å². The van der Waals surface area contributed by atoms with Gasteiger partial charge in [-0.3, -0.25) is 14.4 Å². The third-order valence-electron chi connectivity index (χ3n) is 15.2. The van der Waals surface area contributed by atoms with Gasteiger partial charge in [-0.25, -0.2) is 0 Å². The first kappa shape index (κ1) is 71.9. The van der Waals surface area contributed by atoms with Crippen molar-refractivity contribution in [3.63, 3.8) is 0 Å². The molecule has 0 spiro atoms. The summed E-state index contributed by atoms with van der Waals surface area (Å²) in [4.78, 5) is 38.4. The smallest absolute Gasteiger partial charge is 0.306 e. The molecule has 0 saturated carbocycles. The van der Waals surface area contributed by atoms with Crippen molar-refractivity contribution in [3.05, 3.63) is 24.3 Å². The van der Waals surface area contributed by atoms with Crippen LogP contribution in [0.25, 0.3) is 0 Å². The van der Waals surface area contributed by atoms with Gasteiger partial charge in [-0.05, 0) is 70.6 Å². The van der Waals surface area contributed by atoms with Crippen molar-refractivity contribution in [1.82, 2.24) is 0 Å². The highest BCUT2D eigenvalue weighted by atomic mass is 16.6. The molecule has 0 heterocycles. The van der Waals surface area contributed by atoms with Crippen LogP contribution in [0.4, 0.5) is 0 Å². The molecular weight excluding hydrogens is 913 g/mol. The van der Waals surface area contributed by atoms with Crippen LogP contribution < -0.4 is 0 Å². The first-order valence-electron chi connectivity index (χ1n) is 33.3. The molecule has 1 unspecified atom stereocenters. The average molecular weight is 1040 g/mol. The Labute approximate surface area is 462 Å². The Bertz CT molecular complexity index is 1190. The number of allylic oxidation sites excluding steroid dienone is 4. The fraction of sp³-hybridized carbons (Fsp3) is 0.897. The van der Waals surface area contributed by atoms with E-state index in [2.05, 4.69) is 45.1 Å². The molecule has 0 aliphatic heterocycles. The van der Waals surface area contributed by atoms with Crippen LogP contribution in [0.1, 0.15) is 374 Å². The zero-order valence-corrected chi connectivity index (χ0v) is 50.1. The molecule has 0 aromatic carbocycles. The summed E-state index contributed by atoms with van der Waals surface area (Å²) in [5.74, 6) is -0.850. The molecule has 0 aliphatic carbocycles. The lowest BCUT2D eigenvalue weighted by Crippen LogP contribution is -2.30. The van der Waals surface area contributed by atoms with E-state index in [-0.39, 0.29) is 31.1 Å². The Hall–Kier alpha value is -2.11. The first-order chi connectivity index (χ1) is 36.5. The van der Waals surface area contributed by atoms with Gasteiger partial charge in [-0.1, -0.05) is 308 Å². The number of hydrogen-bond donors (Lipinski definition) is 0. The van der Waals surface area contributed by atoms with Gasteiger partial charge in [0, 0.05) is 19.3 Å². The van der Waals surface area contributed by atoms with Gasteiger partial charge in [0.25, 0.3) is 0 Å². The van der Waals surface area contributed by atoms with Crippen LogP contribution in [-0.2, 0) is 28.6 Å². The zero-order valence-electron chi connectivity index (χ0n) is 50.1. The van der Waals surface area contributed by atoms with Gasteiger partial charge in [0.15, 0.2) is 6.10 Å². The molecule has 6 nitrogen and oxygen atoms in total. The summed E-state index contributed by atoms with van der Waals surface area (Å²) in [5.41, 5.74) is 0. The minimum atomic E-state index is -0.773. The molecule has 0 aliphatic rings. The first-order valence-corrected chi connectivity index (χ1v) is 33.3. The topological polar surface area (TPSA) is 78.9 Å². The number of ether oxygens (including phenoxy) is 3. The van der Waals surface area contributed by atoms with Crippen molar-refractivity contribution in [2.75, 3.05) is 13.2 Å². The fourth-order valence-corrected chi connectivity index (χ4v) is 10.1. The van der Waals surface area contributed by atoms with Crippen LogP contribution >= 0.6 is 0 Å². The Kier molecular flexibility index (Phi) is 61.6. The molecular formula is C68H128O6. The maximum Gasteiger partial charge on any atom is 0.306 e. The molecule has 0 fully saturated rings. The third-order valence-corrected chi connectivity index (χ3v) is 15.2. The molecule has 436 valence electrons. The van der Waals surface area contributed by atoms with E-state index in [4.69, 9.17) is 14.2 Å². The highest BCUT2D eigenvalue weighted by molar-refractivity contribution is 5.71. The predicted molar refractivity (Wildman–Crippen MR) is 321 cm³/mol. The van der Waals surface area contributed by atoms with Crippen LogP contribution in [-0.4, -0.2) is 37.2 Å². The minimum absolute atomic E-state index is 0.0691. The van der Waals surface area contributed by atoms with Crippen LogP contribution in [0.15, 0.2) is 24.3 Å². The quantitative estimate of drug-likeness (QED) is 0.0261. The Morgan fingerprint density at radius 2 is 0.446 bits per heavy atom. The van der Waals surface area contributed by atoms with E-state index in [0.717, 1.165) is 57.8 Å². The standard InChI is InChI=1S/C68H128O6/c1-4-7-10-13-16-19-22-25-28-31-32-33-34-35-38-40-43-46-49-52-55-58-61-67(70)73-64-65(74-68(71)62-59-56-53-50-47-44-41-37-30-27-24-21-18-15-12-9-6-3)63-72-66(69)60-57-54-51-48-45-42-39-36-29-26-23-20-17-14-11-8-5-2/h26-27,29-30,65H,4-25,28,31-64H2,1-3H3/b29-26-,30-27-. The number of carbonyl (C=O) groups excluding carboxylic acids is 3. The molecule has 0 radical (unpaired) electrons. The Morgan fingerprint density at radius 3 is 0.676 bits per heavy atom. The Balaban J connectivity index is 4.29. The van der Waals surface area contributed by atoms with Gasteiger partial charge in [0.1, 0.15) is 13.2 Å². The lowest BCUT2D eigenvalue weighted by atomic mass is 10.0. The second-order valence-electron chi connectivity index (χ2n) is 22.7. The van der Waals surface area contributed by atoms with Gasteiger partial charge in [-0.2, -0.15) is 0 Å². The Morgan fingerprint density at radius 1 is 0.257 bits per heavy atom. The summed E-state index contributed by atoms with van der Waals surface area (Å²) in [5, 5.41) is 0. The molecule has 0 amide bonds. The van der Waals surface area contributed by atoms with Crippen molar-refractivity contribution in [2.24, 2.45) is 0 Å². The lowest BCUT2D eigenvalue weighted by molar-refractivity contribution is -0.167. The van der Waals surface area contributed by atoms with Crippen LogP contribution in [0.2, 0.25) is 0 Å². The summed E-state index contributed by atoms with van der Waals surface area (Å²) in [6.45, 7) is 6.70. The maximum absolute atomic E-state index is 12.9. The van der Waals surface area contributed by atoms with Gasteiger partial charge in [-0.15, -0.1) is 0 Å². The van der Waals surface area contributed by atoms with Gasteiger partial charge in [0.2, 0.25) is 0 Å². The molecule has 0 rings (SSSR count). The highest BCUT2D eigenvalue weighted by Crippen LogP contribution is 2.18. The predicted octanol–water partition coefficient (Wildman–Crippen LogP) is 22.6. The highest BCUT2D eigenvalue weighted by Gasteiger charge is 2.19. The van der Waals surface area contributed by atoms with Crippen LogP contribution in [0.5, 0.6) is 0 Å². The van der Waals surface area contributed by atoms with E-state index in [1.54, 1.807) is 0 Å². The summed E-state index contributed by atoms with van der Waals surface area (Å²) >= 11 is 0. The second-order valence-corrected chi connectivity index (χ2v) is 22.7. The van der Waals surface area contributed by atoms with E-state index in [1.165, 1.54) is 276 Å². The molecule has 74 heavy (non-hydrogen) atoms. The summed E-state index contributed by atoms with van der Waals surface area (Å²) in [6.07, 6.45) is 76.2. The number of esters is 3. The normalized spacial score (nSPS) is 12.1. The SMILES string of the molecule is CCCCCCCC/C=C\CCCCCCCCCC(=O)OCC(COC(=O)CCCCCCCCCCCCCCCCCCCCCCCC)OC(=O)CCCCCCCCC/C=C\CCCCCCCC. The minimum Gasteiger partial charge on any atom is -0.462 e. The molecule has 0 N–H and O–H groups in total. The molecule has 0 aromatic heterocycles. The van der Waals surface area contributed by atoms with E-state index >= 15 is 0 Å². The zero-order chi connectivity index (χ0) is 53.6. The molecule has 0 bridgehead atoms. The lowest BCUT2D eigenvalue weighted by Gasteiger charge is -2.18. The number of rotatable bonds is 62. The summed E-state index contributed by atoms with van der Waals surface area (Å²) < 4.78 is 17.0. The van der Waals surface area contributed by atoms with Crippen molar-refractivity contribution in [1.29, 1.82) is 0 Å². The average Bonchev–Trinajstić information content (AvgIpc) is 3.40. The summed E-state index contributed by atoms with van der Waals surface area (Å²) in [7, 11) is 0. The molecule has 0 saturated heterocycles. The molecule has 6 heteroatoms. The second kappa shape index (κ2) is 63.4. The van der Waals surface area contributed by atoms with Crippen molar-refractivity contribution < 1.29 is 28.6 Å². The van der Waals surface area contributed by atoms with E-state index in [9.17, 15) is 14.4 Å². The summed E-state index contributed by atoms with van der Waals surface area (Å²) in [6, 6.07) is 0. The van der Waals surface area contributed by atoms with Gasteiger partial charge < -0.3 is 14.2 Å². The fourth-order valence-electron chi connectivity index (χ4n) is 10.1. The maximum atomic E-state index is 12.9. The van der Waals surface area contributed by atoms with E-state index in [1.807, 2.05) is 0 Å². The molecule has 1 atom stereocenters. The van der Waals surface area contributed by atoms with Crippen molar-refractivity contribution >= 4 is 17.9 Å². The number of unbranched alkanes of at least 4 members (excludes halogenated alkanes) is 47. The van der Waals surface area contributed by atoms with Crippen LogP contribution in [0, 0.1) is 0 Å². The number of carbonyl (C=O) groups is 3. The van der Waals surface area contributed by atoms with Crippen LogP contribution in [0.3, 0.4) is 0 Å². The largest absolute Gasteiger partial charge is 0.462 e. The van der Waals surface area contributed by atoms with E-state index < -0.39 is 6.10 Å². The van der Waals surface area contributed by atoms with Gasteiger partial charge in [0.05, 0.1) is 0 Å². The van der Waals surface area contributed by atoms with Gasteiger partial charge >= 0.3 is 17.9 Å². The monoisotopic (exact) mass is 1040 g/mol. The third kappa shape index (κ3) is 60.8.